The number of aliphatic imine (C=N–C) groups is 1. The predicted molar refractivity (Wildman–Crippen MR) is 123 cm³/mol. The van der Waals surface area contributed by atoms with Crippen LogP contribution in [0.25, 0.3) is 33.2 Å². The minimum Gasteiger partial charge on any atom is -0.352 e. The zero-order chi connectivity index (χ0) is 20.6. The maximum Gasteiger partial charge on any atom is 0.0884 e. The van der Waals surface area contributed by atoms with Gasteiger partial charge in [-0.1, -0.05) is 24.3 Å². The van der Waals surface area contributed by atoms with Crippen LogP contribution in [0.4, 0.5) is 0 Å². The van der Waals surface area contributed by atoms with Gasteiger partial charge in [0.15, 0.2) is 0 Å². The highest BCUT2D eigenvalue weighted by atomic mass is 14.8. The monoisotopic (exact) mass is 401 g/mol. The van der Waals surface area contributed by atoms with Crippen molar-refractivity contribution >= 4 is 16.6 Å². The highest BCUT2D eigenvalue weighted by molar-refractivity contribution is 6.16. The van der Waals surface area contributed by atoms with Gasteiger partial charge in [-0.2, -0.15) is 0 Å². The average Bonchev–Trinajstić information content (AvgIpc) is 3.29. The van der Waals surface area contributed by atoms with Gasteiger partial charge < -0.3 is 4.98 Å². The summed E-state index contributed by atoms with van der Waals surface area (Å²) in [7, 11) is 0. The van der Waals surface area contributed by atoms with Gasteiger partial charge in [-0.05, 0) is 41.8 Å². The van der Waals surface area contributed by atoms with Gasteiger partial charge in [0.2, 0.25) is 0 Å². The number of rotatable bonds is 3. The van der Waals surface area contributed by atoms with Crippen LogP contribution < -0.4 is 0 Å². The summed E-state index contributed by atoms with van der Waals surface area (Å²) >= 11 is 0. The van der Waals surface area contributed by atoms with Crippen LogP contribution in [0, 0.1) is 0 Å². The van der Waals surface area contributed by atoms with Crippen LogP contribution in [0.3, 0.4) is 0 Å². The van der Waals surface area contributed by atoms with Gasteiger partial charge in [0.25, 0.3) is 0 Å². The number of aromatic nitrogens is 4. The van der Waals surface area contributed by atoms with E-state index in [0.29, 0.717) is 0 Å². The Morgan fingerprint density at radius 1 is 0.710 bits per heavy atom. The van der Waals surface area contributed by atoms with E-state index in [-0.39, 0.29) is 0 Å². The molecule has 0 aliphatic carbocycles. The molecule has 5 heteroatoms. The first-order chi connectivity index (χ1) is 15.4. The third-order valence-corrected chi connectivity index (χ3v) is 5.78. The maximum absolute atomic E-state index is 4.91. The van der Waals surface area contributed by atoms with E-state index in [4.69, 9.17) is 4.99 Å². The van der Waals surface area contributed by atoms with Crippen LogP contribution in [0.2, 0.25) is 0 Å². The lowest BCUT2D eigenvalue weighted by Crippen LogP contribution is -2.14. The molecule has 0 fully saturated rings. The van der Waals surface area contributed by atoms with E-state index in [1.165, 1.54) is 11.1 Å². The van der Waals surface area contributed by atoms with Crippen LogP contribution in [-0.4, -0.2) is 32.2 Å². The Kier molecular flexibility index (Phi) is 4.17. The first-order valence-corrected chi connectivity index (χ1v) is 10.3. The lowest BCUT2D eigenvalue weighted by Gasteiger charge is -2.17. The summed E-state index contributed by atoms with van der Waals surface area (Å²) < 4.78 is 0. The molecule has 0 unspecified atom stereocenters. The van der Waals surface area contributed by atoms with Crippen molar-refractivity contribution in [2.45, 2.75) is 6.42 Å². The predicted octanol–water partition coefficient (Wildman–Crippen LogP) is 5.08. The first kappa shape index (κ1) is 17.7. The van der Waals surface area contributed by atoms with Crippen LogP contribution >= 0.6 is 0 Å². The molecule has 1 aromatic carbocycles. The lowest BCUT2D eigenvalue weighted by atomic mass is 9.92. The zero-order valence-corrected chi connectivity index (χ0v) is 16.8. The molecule has 0 saturated heterocycles. The molecule has 5 heterocycles. The number of fused-ring (bicyclic) bond motifs is 2. The van der Waals surface area contributed by atoms with Gasteiger partial charge in [-0.15, -0.1) is 0 Å². The summed E-state index contributed by atoms with van der Waals surface area (Å²) in [6.45, 7) is 0.789. The maximum atomic E-state index is 4.91. The third-order valence-electron chi connectivity index (χ3n) is 5.78. The number of benzene rings is 1. The molecule has 31 heavy (non-hydrogen) atoms. The average molecular weight is 401 g/mol. The Morgan fingerprint density at radius 3 is 2.35 bits per heavy atom. The van der Waals surface area contributed by atoms with Gasteiger partial charge in [-0.25, -0.2) is 0 Å². The summed E-state index contributed by atoms with van der Waals surface area (Å²) in [5.41, 5.74) is 9.87. The number of aromatic amines is 1. The molecule has 0 spiro atoms. The second-order valence-corrected chi connectivity index (χ2v) is 7.67. The number of hydrogen-bond acceptors (Lipinski definition) is 4. The van der Waals surface area contributed by atoms with Crippen molar-refractivity contribution in [1.29, 1.82) is 0 Å². The summed E-state index contributed by atoms with van der Waals surface area (Å²) in [6, 6.07) is 16.9. The Bertz CT molecular complexity index is 1420. The fourth-order valence-electron chi connectivity index (χ4n) is 4.26. The minimum absolute atomic E-state index is 0.789. The van der Waals surface area contributed by atoms with Gasteiger partial charge >= 0.3 is 0 Å². The minimum atomic E-state index is 0.789. The van der Waals surface area contributed by atoms with Crippen molar-refractivity contribution < 1.29 is 0 Å². The first-order valence-electron chi connectivity index (χ1n) is 10.3. The largest absolute Gasteiger partial charge is 0.352 e. The molecule has 6 rings (SSSR count). The molecule has 1 aliphatic rings. The Morgan fingerprint density at radius 2 is 1.55 bits per heavy atom. The number of H-pyrrole nitrogens is 1. The van der Waals surface area contributed by atoms with Crippen LogP contribution in [0.15, 0.2) is 90.7 Å². The smallest absolute Gasteiger partial charge is 0.0884 e. The quantitative estimate of drug-likeness (QED) is 0.458. The summed E-state index contributed by atoms with van der Waals surface area (Å²) in [5, 5.41) is 1.12. The molecule has 0 saturated carbocycles. The van der Waals surface area contributed by atoms with Crippen molar-refractivity contribution in [3.05, 3.63) is 103 Å². The molecule has 148 valence electrons. The van der Waals surface area contributed by atoms with Crippen LogP contribution in [-0.2, 0) is 6.42 Å². The highest BCUT2D eigenvalue weighted by Crippen LogP contribution is 2.31. The third kappa shape index (κ3) is 3.11. The Balaban J connectivity index is 1.48. The van der Waals surface area contributed by atoms with Crippen LogP contribution in [0.1, 0.15) is 16.8 Å². The molecule has 4 aromatic heterocycles. The summed E-state index contributed by atoms with van der Waals surface area (Å²) in [4.78, 5) is 21.4. The highest BCUT2D eigenvalue weighted by Gasteiger charge is 2.19. The Labute approximate surface area is 179 Å². The molecule has 0 bridgehead atoms. The number of nitrogens with zero attached hydrogens (tertiary/aromatic N) is 4. The zero-order valence-electron chi connectivity index (χ0n) is 16.8. The van der Waals surface area contributed by atoms with Gasteiger partial charge in [0.05, 0.1) is 23.1 Å². The topological polar surface area (TPSA) is 66.8 Å². The summed E-state index contributed by atoms with van der Waals surface area (Å²) in [5.74, 6) is 0. The van der Waals surface area contributed by atoms with Crippen molar-refractivity contribution in [2.24, 2.45) is 4.99 Å². The molecule has 1 aliphatic heterocycles. The van der Waals surface area contributed by atoms with Crippen molar-refractivity contribution in [2.75, 3.05) is 6.54 Å². The molecule has 5 nitrogen and oxygen atoms in total. The van der Waals surface area contributed by atoms with Crippen LogP contribution in [0.5, 0.6) is 0 Å². The fourth-order valence-corrected chi connectivity index (χ4v) is 4.26. The number of pyridine rings is 3. The van der Waals surface area contributed by atoms with E-state index in [1.807, 2.05) is 36.9 Å². The Hall–Kier alpha value is -4.12. The van der Waals surface area contributed by atoms with E-state index >= 15 is 0 Å². The van der Waals surface area contributed by atoms with Crippen molar-refractivity contribution in [3.8, 4) is 22.3 Å². The molecule has 0 radical (unpaired) electrons. The van der Waals surface area contributed by atoms with E-state index in [0.717, 1.165) is 57.5 Å². The van der Waals surface area contributed by atoms with Gasteiger partial charge in [0, 0.05) is 65.2 Å². The van der Waals surface area contributed by atoms with E-state index in [2.05, 4.69) is 56.3 Å². The fraction of sp³-hybridized carbons (Fsp3) is 0.0769. The molecular formula is C26H19N5. The van der Waals surface area contributed by atoms with Crippen molar-refractivity contribution in [1.82, 2.24) is 19.9 Å². The molecule has 1 N–H and O–H groups in total. The molecule has 5 aromatic rings. The normalized spacial score (nSPS) is 13.1. The number of nitrogens with one attached hydrogen (secondary N) is 1. The van der Waals surface area contributed by atoms with Gasteiger partial charge in [0.1, 0.15) is 0 Å². The second-order valence-electron chi connectivity index (χ2n) is 7.67. The van der Waals surface area contributed by atoms with Crippen molar-refractivity contribution in [3.63, 3.8) is 0 Å². The van der Waals surface area contributed by atoms with E-state index in [9.17, 15) is 0 Å². The standard InChI is InChI=1S/C26H19N5/c1-3-19(13-27-8-1)18-6-5-17-7-10-30-26(21(17)11-18)24-12-22-23(15-29-16-25(22)31-24)20-4-2-9-28-14-20/h1-6,8-9,11-16,31H,7,10H2. The molecule has 0 atom stereocenters. The van der Waals surface area contributed by atoms with E-state index < -0.39 is 0 Å². The molecular weight excluding hydrogens is 382 g/mol. The van der Waals surface area contributed by atoms with E-state index in [1.54, 1.807) is 12.4 Å². The lowest BCUT2D eigenvalue weighted by molar-refractivity contribution is 0.942. The van der Waals surface area contributed by atoms with Gasteiger partial charge in [-0.3, -0.25) is 19.9 Å². The summed E-state index contributed by atoms with van der Waals surface area (Å²) in [6.07, 6.45) is 12.1. The SMILES string of the molecule is c1cncc(-c2ccc3c(c2)C(c2cc4c(-c5cccnc5)cncc4[nH]2)=NCC3)c1. The second kappa shape index (κ2) is 7.29. The molecule has 0 amide bonds. The number of hydrogen-bond donors (Lipinski definition) is 1.